The molecule has 2 aromatic rings. The fourth-order valence-electron chi connectivity index (χ4n) is 2.38. The van der Waals surface area contributed by atoms with Crippen molar-refractivity contribution in [1.82, 2.24) is 0 Å². The van der Waals surface area contributed by atoms with E-state index in [1.807, 2.05) is 18.2 Å². The van der Waals surface area contributed by atoms with Crippen molar-refractivity contribution in [2.75, 3.05) is 5.73 Å². The average Bonchev–Trinajstić information content (AvgIpc) is 2.67. The highest BCUT2D eigenvalue weighted by Crippen LogP contribution is 2.41. The predicted molar refractivity (Wildman–Crippen MR) is 65.8 cm³/mol. The summed E-state index contributed by atoms with van der Waals surface area (Å²) in [6.07, 6.45) is 0.720. The van der Waals surface area contributed by atoms with Crippen LogP contribution in [0.5, 0.6) is 0 Å². The monoisotopic (exact) mass is 226 g/mol. The number of benzene rings is 2. The molecule has 0 atom stereocenters. The minimum absolute atomic E-state index is 0.134. The summed E-state index contributed by atoms with van der Waals surface area (Å²) in [5, 5.41) is 10.7. The first-order chi connectivity index (χ1) is 8.16. The first-order valence-corrected chi connectivity index (χ1v) is 5.32. The molecule has 0 spiro atoms. The summed E-state index contributed by atoms with van der Waals surface area (Å²) in [5.74, 6) is 0. The van der Waals surface area contributed by atoms with Crippen molar-refractivity contribution in [3.63, 3.8) is 0 Å². The number of hydrogen-bond donors (Lipinski definition) is 1. The smallest absolute Gasteiger partial charge is 0.269 e. The predicted octanol–water partition coefficient (Wildman–Crippen LogP) is 2.75. The zero-order chi connectivity index (χ0) is 12.0. The van der Waals surface area contributed by atoms with Gasteiger partial charge in [0.15, 0.2) is 0 Å². The Morgan fingerprint density at radius 1 is 1.18 bits per heavy atom. The number of fused-ring (bicyclic) bond motifs is 3. The number of non-ortho nitro benzene ring substituents is 1. The maximum Gasteiger partial charge on any atom is 0.269 e. The lowest BCUT2D eigenvalue weighted by Crippen LogP contribution is -1.90. The number of anilines is 1. The van der Waals surface area contributed by atoms with Crippen LogP contribution in [0.3, 0.4) is 0 Å². The van der Waals surface area contributed by atoms with Crippen molar-refractivity contribution in [2.24, 2.45) is 0 Å². The molecule has 0 saturated carbocycles. The van der Waals surface area contributed by atoms with Gasteiger partial charge < -0.3 is 5.73 Å². The average molecular weight is 226 g/mol. The highest BCUT2D eigenvalue weighted by atomic mass is 16.6. The van der Waals surface area contributed by atoms with E-state index in [2.05, 4.69) is 0 Å². The van der Waals surface area contributed by atoms with E-state index in [1.165, 1.54) is 6.07 Å². The van der Waals surface area contributed by atoms with Crippen LogP contribution in [0.4, 0.5) is 11.4 Å². The van der Waals surface area contributed by atoms with Crippen molar-refractivity contribution >= 4 is 11.4 Å². The summed E-state index contributed by atoms with van der Waals surface area (Å²) < 4.78 is 0. The summed E-state index contributed by atoms with van der Waals surface area (Å²) in [6, 6.07) is 10.7. The summed E-state index contributed by atoms with van der Waals surface area (Å²) in [6.45, 7) is 0. The molecule has 0 aliphatic heterocycles. The first-order valence-electron chi connectivity index (χ1n) is 5.32. The molecule has 0 unspecified atom stereocenters. The van der Waals surface area contributed by atoms with Crippen LogP contribution in [0.15, 0.2) is 36.4 Å². The number of hydrogen-bond acceptors (Lipinski definition) is 3. The van der Waals surface area contributed by atoms with Gasteiger partial charge in [0.05, 0.1) is 4.92 Å². The molecule has 17 heavy (non-hydrogen) atoms. The lowest BCUT2D eigenvalue weighted by atomic mass is 10.0. The minimum atomic E-state index is -0.368. The molecule has 0 amide bonds. The largest absolute Gasteiger partial charge is 0.398 e. The van der Waals surface area contributed by atoms with Crippen molar-refractivity contribution < 1.29 is 4.92 Å². The van der Waals surface area contributed by atoms with Gasteiger partial charge in [0.2, 0.25) is 0 Å². The van der Waals surface area contributed by atoms with Crippen LogP contribution in [0.2, 0.25) is 0 Å². The molecule has 2 N–H and O–H groups in total. The molecule has 4 heteroatoms. The lowest BCUT2D eigenvalue weighted by molar-refractivity contribution is -0.384. The number of nitro benzene ring substituents is 1. The fourth-order valence-corrected chi connectivity index (χ4v) is 2.38. The van der Waals surface area contributed by atoms with Crippen molar-refractivity contribution in [1.29, 1.82) is 0 Å². The summed E-state index contributed by atoms with van der Waals surface area (Å²) >= 11 is 0. The van der Waals surface area contributed by atoms with Crippen LogP contribution in [0.1, 0.15) is 11.1 Å². The molecule has 0 saturated heterocycles. The Kier molecular flexibility index (Phi) is 1.92. The van der Waals surface area contributed by atoms with Crippen molar-refractivity contribution in [3.8, 4) is 11.1 Å². The third-order valence-electron chi connectivity index (χ3n) is 3.13. The number of nitrogens with two attached hydrogens (primary N) is 1. The summed E-state index contributed by atoms with van der Waals surface area (Å²) in [4.78, 5) is 10.4. The highest BCUT2D eigenvalue weighted by Gasteiger charge is 2.22. The molecule has 84 valence electrons. The van der Waals surface area contributed by atoms with Gasteiger partial charge >= 0.3 is 0 Å². The molecule has 1 aliphatic carbocycles. The Morgan fingerprint density at radius 2 is 2.00 bits per heavy atom. The Balaban J connectivity index is 2.21. The lowest BCUT2D eigenvalue weighted by Gasteiger charge is -2.04. The standard InChI is InChI=1S/C13H10N2O2/c14-12-3-1-2-8-6-9-7-10(15(16)17)4-5-11(9)13(8)12/h1-5,7H,6,14H2. The van der Waals surface area contributed by atoms with E-state index in [-0.39, 0.29) is 10.6 Å². The maximum absolute atomic E-state index is 10.7. The van der Waals surface area contributed by atoms with Gasteiger partial charge in [-0.05, 0) is 35.2 Å². The molecular formula is C13H10N2O2. The first kappa shape index (κ1) is 9.84. The van der Waals surface area contributed by atoms with E-state index in [1.54, 1.807) is 12.1 Å². The van der Waals surface area contributed by atoms with Crippen molar-refractivity contribution in [3.05, 3.63) is 57.6 Å². The third kappa shape index (κ3) is 1.38. The second-order valence-electron chi connectivity index (χ2n) is 4.16. The zero-order valence-corrected chi connectivity index (χ0v) is 9.01. The molecule has 0 bridgehead atoms. The number of nitrogens with zero attached hydrogens (tertiary/aromatic N) is 1. The van der Waals surface area contributed by atoms with Crippen LogP contribution in [0.25, 0.3) is 11.1 Å². The highest BCUT2D eigenvalue weighted by molar-refractivity contribution is 5.86. The van der Waals surface area contributed by atoms with Gasteiger partial charge in [-0.25, -0.2) is 0 Å². The third-order valence-corrected chi connectivity index (χ3v) is 3.13. The van der Waals surface area contributed by atoms with Gasteiger partial charge in [-0.1, -0.05) is 12.1 Å². The normalized spacial score (nSPS) is 12.0. The van der Waals surface area contributed by atoms with Gasteiger partial charge in [0, 0.05) is 23.4 Å². The second-order valence-corrected chi connectivity index (χ2v) is 4.16. The summed E-state index contributed by atoms with van der Waals surface area (Å²) in [7, 11) is 0. The molecule has 4 nitrogen and oxygen atoms in total. The van der Waals surface area contributed by atoms with Crippen LogP contribution in [-0.2, 0) is 6.42 Å². The number of nitro groups is 1. The molecule has 3 rings (SSSR count). The fraction of sp³-hybridized carbons (Fsp3) is 0.0769. The van der Waals surface area contributed by atoms with Gasteiger partial charge in [0.1, 0.15) is 0 Å². The number of rotatable bonds is 1. The van der Waals surface area contributed by atoms with Gasteiger partial charge in [-0.15, -0.1) is 0 Å². The van der Waals surface area contributed by atoms with E-state index in [9.17, 15) is 10.1 Å². The SMILES string of the molecule is Nc1cccc2c1-c1ccc([N+](=O)[O-])cc1C2. The quantitative estimate of drug-likeness (QED) is 0.394. The van der Waals surface area contributed by atoms with Gasteiger partial charge in [0.25, 0.3) is 5.69 Å². The Morgan fingerprint density at radius 3 is 2.76 bits per heavy atom. The second kappa shape index (κ2) is 3.31. The minimum Gasteiger partial charge on any atom is -0.398 e. The molecule has 0 fully saturated rings. The summed E-state index contributed by atoms with van der Waals surface area (Å²) in [5.41, 5.74) is 11.0. The van der Waals surface area contributed by atoms with E-state index in [0.717, 1.165) is 34.4 Å². The van der Waals surface area contributed by atoms with Gasteiger partial charge in [-0.2, -0.15) is 0 Å². The topological polar surface area (TPSA) is 69.2 Å². The van der Waals surface area contributed by atoms with Crippen LogP contribution < -0.4 is 5.73 Å². The van der Waals surface area contributed by atoms with E-state index in [4.69, 9.17) is 5.73 Å². The molecule has 0 radical (unpaired) electrons. The van der Waals surface area contributed by atoms with E-state index >= 15 is 0 Å². The van der Waals surface area contributed by atoms with Crippen LogP contribution in [-0.4, -0.2) is 4.92 Å². The maximum atomic E-state index is 10.7. The Labute approximate surface area is 97.8 Å². The van der Waals surface area contributed by atoms with E-state index in [0.29, 0.717) is 0 Å². The van der Waals surface area contributed by atoms with Crippen molar-refractivity contribution in [2.45, 2.75) is 6.42 Å². The molecular weight excluding hydrogens is 216 g/mol. The molecule has 0 heterocycles. The van der Waals surface area contributed by atoms with Crippen LogP contribution >= 0.6 is 0 Å². The molecule has 1 aliphatic rings. The van der Waals surface area contributed by atoms with E-state index < -0.39 is 0 Å². The van der Waals surface area contributed by atoms with Gasteiger partial charge in [-0.3, -0.25) is 10.1 Å². The molecule has 2 aromatic carbocycles. The van der Waals surface area contributed by atoms with Crippen LogP contribution in [0, 0.1) is 10.1 Å². The Hall–Kier alpha value is -2.36. The molecule has 0 aromatic heterocycles. The Bertz CT molecular complexity index is 635. The zero-order valence-electron chi connectivity index (χ0n) is 9.01. The number of nitrogen functional groups attached to an aromatic ring is 1.